The smallest absolute Gasteiger partial charge is 0.206 e. The van der Waals surface area contributed by atoms with Crippen LogP contribution in [0.25, 0.3) is 11.1 Å². The molecule has 158 valence electrons. The lowest BCUT2D eigenvalue weighted by Gasteiger charge is -2.14. The molecule has 3 heteroatoms. The molecule has 0 aromatic heterocycles. The minimum atomic E-state index is -2.82. The fraction of sp³-hybridized carbons (Fsp3) is 0.333. The monoisotopic (exact) mass is 410 g/mol. The average molecular weight is 411 g/mol. The van der Waals surface area contributed by atoms with E-state index in [0.717, 1.165) is 37.7 Å². The van der Waals surface area contributed by atoms with Crippen LogP contribution in [-0.2, 0) is 19.3 Å². The summed E-state index contributed by atoms with van der Waals surface area (Å²) in [6.45, 7) is 4.10. The molecule has 0 nitrogen and oxygen atoms in total. The molecular formula is C27H29F3. The third-order valence-electron chi connectivity index (χ3n) is 5.57. The summed E-state index contributed by atoms with van der Waals surface area (Å²) in [7, 11) is 0. The number of hydrogen-bond acceptors (Lipinski definition) is 0. The molecule has 0 radical (unpaired) electrons. The predicted molar refractivity (Wildman–Crippen MR) is 119 cm³/mol. The first kappa shape index (κ1) is 22.1. The molecule has 3 aromatic rings. The number of rotatable bonds is 9. The fourth-order valence-corrected chi connectivity index (χ4v) is 3.85. The van der Waals surface area contributed by atoms with Crippen molar-refractivity contribution in [1.29, 1.82) is 0 Å². The van der Waals surface area contributed by atoms with Crippen LogP contribution in [0.5, 0.6) is 0 Å². The van der Waals surface area contributed by atoms with Crippen LogP contribution < -0.4 is 0 Å². The Morgan fingerprint density at radius 2 is 1.33 bits per heavy atom. The van der Waals surface area contributed by atoms with E-state index in [1.165, 1.54) is 11.1 Å². The summed E-state index contributed by atoms with van der Waals surface area (Å²) in [5.41, 5.74) is 4.47. The van der Waals surface area contributed by atoms with Crippen LogP contribution in [0.4, 0.5) is 13.2 Å². The SMILES string of the molecule is CCCc1ccc(CCCCc2ccc(-c3ccc(C)cc3)c(F)c2C(F)F)cc1. The molecule has 3 rings (SSSR count). The zero-order valence-corrected chi connectivity index (χ0v) is 17.7. The first-order valence-corrected chi connectivity index (χ1v) is 10.7. The van der Waals surface area contributed by atoms with E-state index >= 15 is 0 Å². The maximum absolute atomic E-state index is 15.0. The average Bonchev–Trinajstić information content (AvgIpc) is 2.73. The standard InChI is InChI=1S/C27H29F3/c1-3-6-20-11-13-21(14-12-20)7-4-5-8-23-17-18-24(26(28)25(23)27(29)30)22-15-9-19(2)10-16-22/h9-18,27H,3-8H2,1-2H3. The highest BCUT2D eigenvalue weighted by molar-refractivity contribution is 5.66. The Morgan fingerprint density at radius 3 is 1.93 bits per heavy atom. The van der Waals surface area contributed by atoms with Crippen LogP contribution in [0, 0.1) is 12.7 Å². The minimum Gasteiger partial charge on any atom is -0.206 e. The molecule has 0 spiro atoms. The topological polar surface area (TPSA) is 0 Å². The van der Waals surface area contributed by atoms with Gasteiger partial charge in [-0.1, -0.05) is 79.6 Å². The van der Waals surface area contributed by atoms with Crippen LogP contribution in [0.3, 0.4) is 0 Å². The molecule has 30 heavy (non-hydrogen) atoms. The lowest BCUT2D eigenvalue weighted by molar-refractivity contribution is 0.145. The summed E-state index contributed by atoms with van der Waals surface area (Å²) in [6.07, 6.45) is 2.39. The Morgan fingerprint density at radius 1 is 0.733 bits per heavy atom. The van der Waals surface area contributed by atoms with E-state index in [1.54, 1.807) is 24.3 Å². The summed E-state index contributed by atoms with van der Waals surface area (Å²) >= 11 is 0. The molecule has 0 saturated carbocycles. The Labute approximate surface area is 177 Å². The van der Waals surface area contributed by atoms with Gasteiger partial charge < -0.3 is 0 Å². The number of alkyl halides is 2. The zero-order valence-electron chi connectivity index (χ0n) is 17.7. The Bertz CT molecular complexity index is 941. The van der Waals surface area contributed by atoms with Crippen molar-refractivity contribution < 1.29 is 13.2 Å². The van der Waals surface area contributed by atoms with Crippen molar-refractivity contribution in [3.8, 4) is 11.1 Å². The molecule has 3 aromatic carbocycles. The van der Waals surface area contributed by atoms with Gasteiger partial charge in [0.1, 0.15) is 5.82 Å². The van der Waals surface area contributed by atoms with Crippen molar-refractivity contribution in [2.75, 3.05) is 0 Å². The van der Waals surface area contributed by atoms with Crippen molar-refractivity contribution in [3.63, 3.8) is 0 Å². The first-order chi connectivity index (χ1) is 14.5. The fourth-order valence-electron chi connectivity index (χ4n) is 3.85. The number of benzene rings is 3. The van der Waals surface area contributed by atoms with E-state index in [-0.39, 0.29) is 5.56 Å². The maximum atomic E-state index is 15.0. The van der Waals surface area contributed by atoms with Crippen molar-refractivity contribution in [2.45, 2.75) is 58.8 Å². The van der Waals surface area contributed by atoms with Gasteiger partial charge in [0, 0.05) is 5.56 Å². The van der Waals surface area contributed by atoms with Crippen molar-refractivity contribution in [2.24, 2.45) is 0 Å². The number of aryl methyl sites for hydroxylation is 4. The summed E-state index contributed by atoms with van der Waals surface area (Å²) in [4.78, 5) is 0. The van der Waals surface area contributed by atoms with Gasteiger partial charge in [-0.3, -0.25) is 0 Å². The Balaban J connectivity index is 1.66. The molecule has 0 saturated heterocycles. The lowest BCUT2D eigenvalue weighted by atomic mass is 9.94. The summed E-state index contributed by atoms with van der Waals surface area (Å²) in [5, 5.41) is 0. The number of hydrogen-bond donors (Lipinski definition) is 0. The van der Waals surface area contributed by atoms with Crippen LogP contribution in [0.1, 0.15) is 60.4 Å². The van der Waals surface area contributed by atoms with E-state index in [9.17, 15) is 13.2 Å². The predicted octanol–water partition coefficient (Wildman–Crippen LogP) is 8.26. The molecule has 0 amide bonds. The molecule has 0 N–H and O–H groups in total. The van der Waals surface area contributed by atoms with Gasteiger partial charge in [-0.2, -0.15) is 0 Å². The molecular weight excluding hydrogens is 381 g/mol. The summed E-state index contributed by atoms with van der Waals surface area (Å²) < 4.78 is 42.3. The molecule has 0 unspecified atom stereocenters. The molecule has 0 aliphatic carbocycles. The second kappa shape index (κ2) is 10.5. The molecule has 0 bridgehead atoms. The van der Waals surface area contributed by atoms with E-state index < -0.39 is 17.8 Å². The lowest BCUT2D eigenvalue weighted by Crippen LogP contribution is -2.02. The molecule has 0 atom stereocenters. The number of unbranched alkanes of at least 4 members (excludes halogenated alkanes) is 1. The highest BCUT2D eigenvalue weighted by Gasteiger charge is 2.21. The highest BCUT2D eigenvalue weighted by atomic mass is 19.3. The van der Waals surface area contributed by atoms with Crippen LogP contribution in [0.2, 0.25) is 0 Å². The van der Waals surface area contributed by atoms with E-state index in [2.05, 4.69) is 31.2 Å². The van der Waals surface area contributed by atoms with Gasteiger partial charge in [0.25, 0.3) is 6.43 Å². The van der Waals surface area contributed by atoms with Crippen LogP contribution in [-0.4, -0.2) is 0 Å². The Kier molecular flexibility index (Phi) is 7.73. The molecule has 0 aliphatic heterocycles. The highest BCUT2D eigenvalue weighted by Crippen LogP contribution is 2.34. The number of halogens is 3. The zero-order chi connectivity index (χ0) is 21.5. The van der Waals surface area contributed by atoms with Crippen molar-refractivity contribution in [3.05, 3.63) is 94.3 Å². The van der Waals surface area contributed by atoms with E-state index in [4.69, 9.17) is 0 Å². The van der Waals surface area contributed by atoms with Gasteiger partial charge in [0.15, 0.2) is 0 Å². The van der Waals surface area contributed by atoms with Gasteiger partial charge in [-0.05, 0) is 61.3 Å². The second-order valence-corrected chi connectivity index (χ2v) is 7.94. The largest absolute Gasteiger partial charge is 0.266 e. The van der Waals surface area contributed by atoms with Gasteiger partial charge >= 0.3 is 0 Å². The van der Waals surface area contributed by atoms with Gasteiger partial charge in [-0.15, -0.1) is 0 Å². The van der Waals surface area contributed by atoms with Crippen LogP contribution in [0.15, 0.2) is 60.7 Å². The minimum absolute atomic E-state index is 0.237. The third kappa shape index (κ3) is 5.53. The maximum Gasteiger partial charge on any atom is 0.266 e. The van der Waals surface area contributed by atoms with Gasteiger partial charge in [0.2, 0.25) is 0 Å². The van der Waals surface area contributed by atoms with Crippen LogP contribution >= 0.6 is 0 Å². The van der Waals surface area contributed by atoms with Gasteiger partial charge in [0.05, 0.1) is 5.56 Å². The normalized spacial score (nSPS) is 11.3. The third-order valence-corrected chi connectivity index (χ3v) is 5.57. The second-order valence-electron chi connectivity index (χ2n) is 7.94. The molecule has 0 aliphatic rings. The molecule has 0 heterocycles. The van der Waals surface area contributed by atoms with Crippen molar-refractivity contribution in [1.82, 2.24) is 0 Å². The quantitative estimate of drug-likeness (QED) is 0.311. The molecule has 0 fully saturated rings. The van der Waals surface area contributed by atoms with Crippen molar-refractivity contribution >= 4 is 0 Å². The summed E-state index contributed by atoms with van der Waals surface area (Å²) in [6, 6.07) is 19.2. The Hall–Kier alpha value is -2.55. The van der Waals surface area contributed by atoms with E-state index in [0.29, 0.717) is 17.5 Å². The summed E-state index contributed by atoms with van der Waals surface area (Å²) in [5.74, 6) is -0.794. The van der Waals surface area contributed by atoms with Gasteiger partial charge in [-0.25, -0.2) is 13.2 Å². The first-order valence-electron chi connectivity index (χ1n) is 10.7. The van der Waals surface area contributed by atoms with E-state index in [1.807, 2.05) is 19.1 Å².